The Morgan fingerprint density at radius 3 is 2.44 bits per heavy atom. The average Bonchev–Trinajstić information content (AvgIpc) is 3.77. The molecule has 258 valence electrons. The number of Topliss-reactive ketones (excluding diaryl/α,β-unsaturated/α-hetero) is 2. The second kappa shape index (κ2) is 16.7. The molecule has 1 saturated heterocycles. The van der Waals surface area contributed by atoms with Gasteiger partial charge in [0.1, 0.15) is 17.0 Å². The Balaban J connectivity index is 1.19. The molecule has 3 atom stereocenters. The second-order valence-electron chi connectivity index (χ2n) is 12.6. The number of hydrogen-bond acceptors (Lipinski definition) is 8. The molecule has 0 bridgehead atoms. The predicted octanol–water partition coefficient (Wildman–Crippen LogP) is 7.59. The summed E-state index contributed by atoms with van der Waals surface area (Å²) in [6, 6.07) is 30.6. The number of nitrogens with zero attached hydrogens (tertiary/aromatic N) is 2. The van der Waals surface area contributed by atoms with E-state index in [-0.39, 0.29) is 48.9 Å². The molecule has 0 aliphatic carbocycles. The summed E-state index contributed by atoms with van der Waals surface area (Å²) in [5.41, 5.74) is 8.53. The van der Waals surface area contributed by atoms with E-state index in [2.05, 4.69) is 4.98 Å². The number of halogens is 1. The van der Waals surface area contributed by atoms with Gasteiger partial charge in [0.15, 0.2) is 11.4 Å². The topological polar surface area (TPSA) is 125 Å². The Bertz CT molecular complexity index is 1880. The van der Waals surface area contributed by atoms with Crippen molar-refractivity contribution >= 4 is 40.2 Å². The maximum atomic E-state index is 14.2. The molecule has 1 aromatic heterocycles. The van der Waals surface area contributed by atoms with Crippen LogP contribution in [0.3, 0.4) is 0 Å². The van der Waals surface area contributed by atoms with Gasteiger partial charge in [-0.3, -0.25) is 14.4 Å². The van der Waals surface area contributed by atoms with Crippen LogP contribution < -0.4 is 10.5 Å². The van der Waals surface area contributed by atoms with E-state index in [4.69, 9.17) is 31.2 Å². The highest BCUT2D eigenvalue weighted by Crippen LogP contribution is 2.29. The lowest BCUT2D eigenvalue weighted by Crippen LogP contribution is -2.42. The van der Waals surface area contributed by atoms with Gasteiger partial charge in [0.05, 0.1) is 25.2 Å². The van der Waals surface area contributed by atoms with Crippen LogP contribution in [0.2, 0.25) is 5.02 Å². The smallest absolute Gasteiger partial charge is 0.264 e. The Morgan fingerprint density at radius 1 is 0.900 bits per heavy atom. The first-order chi connectivity index (χ1) is 24.4. The number of unbranched alkanes of at least 4 members (excludes halogenated alkanes) is 1. The average molecular weight is 694 g/mol. The molecule has 2 N–H and O–H groups in total. The summed E-state index contributed by atoms with van der Waals surface area (Å²) in [5, 5.41) is 0.628. The number of aromatic nitrogens is 1. The van der Waals surface area contributed by atoms with Gasteiger partial charge in [-0.1, -0.05) is 72.6 Å². The maximum absolute atomic E-state index is 14.2. The van der Waals surface area contributed by atoms with Gasteiger partial charge in [0.25, 0.3) is 5.89 Å². The molecule has 6 rings (SSSR count). The molecule has 9 nitrogen and oxygen atoms in total. The zero-order valence-electron chi connectivity index (χ0n) is 27.7. The number of ether oxygens (including phenoxy) is 2. The highest BCUT2D eigenvalue weighted by molar-refractivity contribution is 6.30. The summed E-state index contributed by atoms with van der Waals surface area (Å²) in [6.07, 6.45) is 1.80. The number of oxazole rings is 1. The van der Waals surface area contributed by atoms with Crippen LogP contribution in [0, 0.1) is 5.92 Å². The van der Waals surface area contributed by atoms with Gasteiger partial charge in [-0.15, -0.1) is 0 Å². The van der Waals surface area contributed by atoms with Crippen LogP contribution in [0.1, 0.15) is 53.9 Å². The summed E-state index contributed by atoms with van der Waals surface area (Å²) < 4.78 is 18.0. The number of carbonyl (C=O) groups is 3. The first-order valence-corrected chi connectivity index (χ1v) is 17.3. The highest BCUT2D eigenvalue weighted by atomic mass is 35.5. The van der Waals surface area contributed by atoms with E-state index >= 15 is 0 Å². The third kappa shape index (κ3) is 9.04. The molecule has 50 heavy (non-hydrogen) atoms. The first kappa shape index (κ1) is 35.0. The van der Waals surface area contributed by atoms with Crippen molar-refractivity contribution in [2.75, 3.05) is 13.1 Å². The molecule has 1 aliphatic rings. The molecule has 0 saturated carbocycles. The Labute approximate surface area is 296 Å². The maximum Gasteiger partial charge on any atom is 0.264 e. The van der Waals surface area contributed by atoms with Gasteiger partial charge < -0.3 is 24.5 Å². The number of hydrogen-bond donors (Lipinski definition) is 1. The number of para-hydroxylation sites is 3. The minimum absolute atomic E-state index is 0.0159. The van der Waals surface area contributed by atoms with Crippen molar-refractivity contribution in [2.45, 2.75) is 57.3 Å². The van der Waals surface area contributed by atoms with Crippen LogP contribution >= 0.6 is 11.6 Å². The van der Waals surface area contributed by atoms with Gasteiger partial charge in [-0.2, -0.15) is 0 Å². The van der Waals surface area contributed by atoms with Crippen molar-refractivity contribution in [1.82, 2.24) is 9.88 Å². The van der Waals surface area contributed by atoms with Gasteiger partial charge in [-0.05, 0) is 79.0 Å². The van der Waals surface area contributed by atoms with Gasteiger partial charge in [0, 0.05) is 30.3 Å². The molecule has 1 fully saturated rings. The van der Waals surface area contributed by atoms with E-state index in [9.17, 15) is 14.4 Å². The molecule has 0 radical (unpaired) electrons. The number of benzene rings is 4. The van der Waals surface area contributed by atoms with E-state index in [1.807, 2.05) is 78.9 Å². The largest absolute Gasteiger partial charge is 0.457 e. The van der Waals surface area contributed by atoms with Crippen molar-refractivity contribution < 1.29 is 28.3 Å². The predicted molar refractivity (Wildman–Crippen MR) is 191 cm³/mol. The summed E-state index contributed by atoms with van der Waals surface area (Å²) in [5.74, 6) is -0.110. The molecule has 2 heterocycles. The molecule has 4 aromatic carbocycles. The van der Waals surface area contributed by atoms with Crippen molar-refractivity contribution in [3.8, 4) is 11.5 Å². The van der Waals surface area contributed by atoms with Gasteiger partial charge in [0.2, 0.25) is 11.7 Å². The molecule has 0 unspecified atom stereocenters. The SMILES string of the molecule is NCCCC[C@H](CC(=O)[C@@H]1C[C@@H](OCc2ccc(Cl)cc2)CN1C(=O)Cc1cccc(Oc2ccccc2)c1)C(=O)c1nc2ccccc2o1. The van der Waals surface area contributed by atoms with Crippen LogP contribution in [0.5, 0.6) is 11.5 Å². The Morgan fingerprint density at radius 2 is 1.66 bits per heavy atom. The van der Waals surface area contributed by atoms with Gasteiger partial charge >= 0.3 is 0 Å². The number of fused-ring (bicyclic) bond motifs is 1. The minimum atomic E-state index is -0.755. The number of carbonyl (C=O) groups excluding carboxylic acids is 3. The number of likely N-dealkylation sites (tertiary alicyclic amines) is 1. The monoisotopic (exact) mass is 693 g/mol. The zero-order valence-corrected chi connectivity index (χ0v) is 28.5. The van der Waals surface area contributed by atoms with Crippen LogP contribution in [-0.2, 0) is 27.4 Å². The molecular formula is C40H40ClN3O6. The Kier molecular flexibility index (Phi) is 11.7. The van der Waals surface area contributed by atoms with E-state index < -0.39 is 12.0 Å². The molecule has 0 spiro atoms. The first-order valence-electron chi connectivity index (χ1n) is 17.0. The normalized spacial score (nSPS) is 16.4. The van der Waals surface area contributed by atoms with Crippen molar-refractivity contribution in [2.24, 2.45) is 11.7 Å². The zero-order chi connectivity index (χ0) is 34.9. The molecule has 10 heteroatoms. The fraction of sp³-hybridized carbons (Fsp3) is 0.300. The fourth-order valence-corrected chi connectivity index (χ4v) is 6.43. The van der Waals surface area contributed by atoms with E-state index in [1.165, 1.54) is 0 Å². The molecule has 5 aromatic rings. The van der Waals surface area contributed by atoms with Crippen molar-refractivity contribution in [3.63, 3.8) is 0 Å². The van der Waals surface area contributed by atoms with Crippen LogP contribution in [0.15, 0.2) is 108 Å². The lowest BCUT2D eigenvalue weighted by atomic mass is 9.89. The highest BCUT2D eigenvalue weighted by Gasteiger charge is 2.41. The number of rotatable bonds is 16. The molecular weight excluding hydrogens is 654 g/mol. The number of amides is 1. The summed E-state index contributed by atoms with van der Waals surface area (Å²) in [7, 11) is 0. The van der Waals surface area contributed by atoms with Crippen molar-refractivity contribution in [1.29, 1.82) is 0 Å². The summed E-state index contributed by atoms with van der Waals surface area (Å²) in [6.45, 7) is 1.04. The van der Waals surface area contributed by atoms with E-state index in [0.29, 0.717) is 66.5 Å². The van der Waals surface area contributed by atoms with E-state index in [0.717, 1.165) is 11.1 Å². The van der Waals surface area contributed by atoms with Gasteiger partial charge in [-0.25, -0.2) is 4.98 Å². The van der Waals surface area contributed by atoms with Crippen LogP contribution in [0.25, 0.3) is 11.1 Å². The summed E-state index contributed by atoms with van der Waals surface area (Å²) >= 11 is 6.06. The van der Waals surface area contributed by atoms with Crippen LogP contribution in [-0.4, -0.2) is 52.6 Å². The quantitative estimate of drug-likeness (QED) is 0.0828. The van der Waals surface area contributed by atoms with Crippen LogP contribution in [0.4, 0.5) is 0 Å². The third-order valence-corrected chi connectivity index (χ3v) is 9.17. The minimum Gasteiger partial charge on any atom is -0.457 e. The Hall–Kier alpha value is -4.83. The third-order valence-electron chi connectivity index (χ3n) is 8.92. The summed E-state index contributed by atoms with van der Waals surface area (Å²) in [4.78, 5) is 47.9. The lowest BCUT2D eigenvalue weighted by molar-refractivity contribution is -0.137. The second-order valence-corrected chi connectivity index (χ2v) is 13.0. The number of nitrogens with two attached hydrogens (primary N) is 1. The van der Waals surface area contributed by atoms with E-state index in [1.54, 1.807) is 29.2 Å². The molecule has 1 aliphatic heterocycles. The fourth-order valence-electron chi connectivity index (χ4n) is 6.31. The molecule has 1 amide bonds. The van der Waals surface area contributed by atoms with Crippen molar-refractivity contribution in [3.05, 3.63) is 125 Å². The number of ketones is 2. The standard InChI is InChI=1S/C40H40ClN3O6/c41-30-18-16-27(17-19-30)26-48-33-24-35(44(25-33)38(46)22-28-9-8-13-32(21-28)49-31-11-2-1-3-12-31)36(45)23-29(10-6-7-20-42)39(47)40-43-34-14-4-5-15-37(34)50-40/h1-5,8-9,11-19,21,29,33,35H,6-7,10,20,22-26,42H2/t29-,33-,35+/m1/s1. The lowest BCUT2D eigenvalue weighted by Gasteiger charge is -2.25.